The Bertz CT molecular complexity index is 909. The molecule has 0 aliphatic heterocycles. The minimum atomic E-state index is 0.356. The highest BCUT2D eigenvalue weighted by Crippen LogP contribution is 2.30. The second kappa shape index (κ2) is 10.0. The average molecular weight is 377 g/mol. The van der Waals surface area contributed by atoms with Crippen LogP contribution in [0.2, 0.25) is 0 Å². The molecular formula is C23H23NO4. The van der Waals surface area contributed by atoms with Crippen molar-refractivity contribution in [3.8, 4) is 17.2 Å². The van der Waals surface area contributed by atoms with Gasteiger partial charge < -0.3 is 19.4 Å². The van der Waals surface area contributed by atoms with E-state index in [9.17, 15) is 0 Å². The molecule has 0 aliphatic carbocycles. The van der Waals surface area contributed by atoms with Gasteiger partial charge in [0.1, 0.15) is 19.0 Å². The maximum atomic E-state index is 8.77. The van der Waals surface area contributed by atoms with Crippen LogP contribution in [0.15, 0.2) is 78.0 Å². The zero-order chi connectivity index (χ0) is 19.6. The van der Waals surface area contributed by atoms with Gasteiger partial charge in [0.05, 0.1) is 12.8 Å². The Balaban J connectivity index is 1.70. The van der Waals surface area contributed by atoms with Gasteiger partial charge in [-0.15, -0.1) is 0 Å². The van der Waals surface area contributed by atoms with Crippen LogP contribution >= 0.6 is 0 Å². The van der Waals surface area contributed by atoms with E-state index in [1.54, 1.807) is 0 Å². The van der Waals surface area contributed by atoms with Crippen molar-refractivity contribution in [2.24, 2.45) is 5.16 Å². The van der Waals surface area contributed by atoms with Gasteiger partial charge in [0.25, 0.3) is 0 Å². The Labute approximate surface area is 164 Å². The molecule has 0 heterocycles. The lowest BCUT2D eigenvalue weighted by Crippen LogP contribution is -2.02. The van der Waals surface area contributed by atoms with Gasteiger partial charge in [-0.1, -0.05) is 53.7 Å². The minimum absolute atomic E-state index is 0.356. The fourth-order valence-corrected chi connectivity index (χ4v) is 2.71. The van der Waals surface area contributed by atoms with Gasteiger partial charge >= 0.3 is 0 Å². The molecule has 3 aromatic carbocycles. The largest absolute Gasteiger partial charge is 0.490 e. The van der Waals surface area contributed by atoms with Crippen molar-refractivity contribution in [1.82, 2.24) is 0 Å². The Morgan fingerprint density at radius 3 is 2.25 bits per heavy atom. The average Bonchev–Trinajstić information content (AvgIpc) is 2.74. The van der Waals surface area contributed by atoms with Crippen LogP contribution in [0.4, 0.5) is 0 Å². The molecule has 144 valence electrons. The monoisotopic (exact) mass is 377 g/mol. The molecule has 0 saturated heterocycles. The molecule has 0 radical (unpaired) electrons. The first-order chi connectivity index (χ1) is 13.8. The highest BCUT2D eigenvalue weighted by atomic mass is 16.5. The van der Waals surface area contributed by atoms with Gasteiger partial charge in [-0.3, -0.25) is 0 Å². The van der Waals surface area contributed by atoms with E-state index < -0.39 is 0 Å². The van der Waals surface area contributed by atoms with E-state index >= 15 is 0 Å². The highest BCUT2D eigenvalue weighted by Gasteiger charge is 2.09. The Kier molecular flexibility index (Phi) is 6.90. The maximum absolute atomic E-state index is 8.77. The van der Waals surface area contributed by atoms with Crippen LogP contribution in [0.25, 0.3) is 0 Å². The van der Waals surface area contributed by atoms with Crippen molar-refractivity contribution in [2.75, 3.05) is 6.61 Å². The molecule has 0 aromatic heterocycles. The first kappa shape index (κ1) is 19.3. The summed E-state index contributed by atoms with van der Waals surface area (Å²) in [4.78, 5) is 0. The normalized spacial score (nSPS) is 10.8. The minimum Gasteiger partial charge on any atom is -0.490 e. The third kappa shape index (κ3) is 5.27. The first-order valence-electron chi connectivity index (χ1n) is 9.12. The van der Waals surface area contributed by atoms with Gasteiger partial charge in [-0.2, -0.15) is 0 Å². The fourth-order valence-electron chi connectivity index (χ4n) is 2.71. The van der Waals surface area contributed by atoms with Crippen molar-refractivity contribution in [3.05, 3.63) is 89.5 Å². The summed E-state index contributed by atoms with van der Waals surface area (Å²) < 4.78 is 17.6. The number of para-hydroxylation sites is 1. The zero-order valence-electron chi connectivity index (χ0n) is 15.7. The number of benzene rings is 3. The predicted octanol–water partition coefficient (Wildman–Crippen LogP) is 5.05. The fraction of sp³-hybridized carbons (Fsp3) is 0.174. The molecule has 0 fully saturated rings. The molecule has 1 N–H and O–H groups in total. The van der Waals surface area contributed by atoms with E-state index in [-0.39, 0.29) is 0 Å². The van der Waals surface area contributed by atoms with Crippen molar-refractivity contribution < 1.29 is 19.4 Å². The third-order valence-corrected chi connectivity index (χ3v) is 4.06. The maximum Gasteiger partial charge on any atom is 0.161 e. The predicted molar refractivity (Wildman–Crippen MR) is 109 cm³/mol. The van der Waals surface area contributed by atoms with Crippen LogP contribution in [0.1, 0.15) is 23.6 Å². The molecule has 0 bridgehead atoms. The van der Waals surface area contributed by atoms with Gasteiger partial charge in [-0.05, 0) is 42.3 Å². The van der Waals surface area contributed by atoms with Crippen LogP contribution in [0.3, 0.4) is 0 Å². The molecule has 5 heteroatoms. The number of rotatable bonds is 9. The van der Waals surface area contributed by atoms with E-state index in [1.807, 2.05) is 79.7 Å². The zero-order valence-corrected chi connectivity index (χ0v) is 15.7. The smallest absolute Gasteiger partial charge is 0.161 e. The lowest BCUT2D eigenvalue weighted by molar-refractivity contribution is 0.267. The van der Waals surface area contributed by atoms with Crippen molar-refractivity contribution >= 4 is 6.21 Å². The molecule has 28 heavy (non-hydrogen) atoms. The number of ether oxygens (including phenoxy) is 3. The molecule has 0 spiro atoms. The summed E-state index contributed by atoms with van der Waals surface area (Å²) in [5.41, 5.74) is 2.75. The highest BCUT2D eigenvalue weighted by molar-refractivity contribution is 5.82. The van der Waals surface area contributed by atoms with Crippen molar-refractivity contribution in [2.45, 2.75) is 20.1 Å². The summed E-state index contributed by atoms with van der Waals surface area (Å²) in [6, 6.07) is 23.2. The summed E-state index contributed by atoms with van der Waals surface area (Å²) in [6.45, 7) is 3.32. The molecule has 5 nitrogen and oxygen atoms in total. The number of nitrogens with zero attached hydrogens (tertiary/aromatic N) is 1. The van der Waals surface area contributed by atoms with E-state index in [4.69, 9.17) is 19.4 Å². The summed E-state index contributed by atoms with van der Waals surface area (Å²) in [5, 5.41) is 11.8. The Hall–Kier alpha value is -3.47. The van der Waals surface area contributed by atoms with Gasteiger partial charge in [0.15, 0.2) is 11.5 Å². The van der Waals surface area contributed by atoms with Crippen LogP contribution in [-0.4, -0.2) is 18.0 Å². The van der Waals surface area contributed by atoms with Crippen LogP contribution in [0.5, 0.6) is 17.2 Å². The van der Waals surface area contributed by atoms with E-state index in [0.29, 0.717) is 42.6 Å². The van der Waals surface area contributed by atoms with E-state index in [2.05, 4.69) is 5.16 Å². The Morgan fingerprint density at radius 2 is 1.46 bits per heavy atom. The van der Waals surface area contributed by atoms with Crippen LogP contribution < -0.4 is 14.2 Å². The Morgan fingerprint density at radius 1 is 0.750 bits per heavy atom. The second-order valence-electron chi connectivity index (χ2n) is 6.06. The second-order valence-corrected chi connectivity index (χ2v) is 6.06. The molecule has 0 aliphatic rings. The summed E-state index contributed by atoms with van der Waals surface area (Å²) in [7, 11) is 0. The summed E-state index contributed by atoms with van der Waals surface area (Å²) >= 11 is 0. The lowest BCUT2D eigenvalue weighted by atomic mass is 10.2. The van der Waals surface area contributed by atoms with E-state index in [0.717, 1.165) is 11.1 Å². The number of oxime groups is 1. The standard InChI is InChI=1S/C23H23NO4/c1-2-26-23-14-19(17-27-21-11-7-6-10-20(21)15-24-25)12-13-22(23)28-16-18-8-4-3-5-9-18/h3-15,25H,2,16-17H2,1H3. The topological polar surface area (TPSA) is 60.3 Å². The quantitative estimate of drug-likeness (QED) is 0.322. The summed E-state index contributed by atoms with van der Waals surface area (Å²) in [5.74, 6) is 2.02. The van der Waals surface area contributed by atoms with Gasteiger partial charge in [-0.25, -0.2) is 0 Å². The first-order valence-corrected chi connectivity index (χ1v) is 9.12. The van der Waals surface area contributed by atoms with E-state index in [1.165, 1.54) is 6.21 Å². The van der Waals surface area contributed by atoms with Gasteiger partial charge in [0, 0.05) is 5.56 Å². The lowest BCUT2D eigenvalue weighted by Gasteiger charge is -2.14. The van der Waals surface area contributed by atoms with Crippen LogP contribution in [-0.2, 0) is 13.2 Å². The van der Waals surface area contributed by atoms with Crippen LogP contribution in [0, 0.1) is 0 Å². The molecule has 3 rings (SSSR count). The molecular weight excluding hydrogens is 354 g/mol. The molecule has 0 amide bonds. The molecule has 0 saturated carbocycles. The van der Waals surface area contributed by atoms with Gasteiger partial charge in [0.2, 0.25) is 0 Å². The number of hydrogen-bond acceptors (Lipinski definition) is 5. The molecule has 0 unspecified atom stereocenters. The van der Waals surface area contributed by atoms with Crippen molar-refractivity contribution in [1.29, 1.82) is 0 Å². The molecule has 3 aromatic rings. The SMILES string of the molecule is CCOc1cc(COc2ccccc2C=NO)ccc1OCc1ccccc1. The molecule has 0 atom stereocenters. The van der Waals surface area contributed by atoms with Crippen molar-refractivity contribution in [3.63, 3.8) is 0 Å². The third-order valence-electron chi connectivity index (χ3n) is 4.06. The number of hydrogen-bond donors (Lipinski definition) is 1. The summed E-state index contributed by atoms with van der Waals surface area (Å²) in [6.07, 6.45) is 1.35.